The Kier molecular flexibility index (Phi) is 7.21. The van der Waals surface area contributed by atoms with E-state index >= 15 is 0 Å². The molecule has 6 heteroatoms. The van der Waals surface area contributed by atoms with Gasteiger partial charge in [-0.1, -0.05) is 19.1 Å². The molecule has 1 aromatic carbocycles. The van der Waals surface area contributed by atoms with E-state index in [1.165, 1.54) is 5.56 Å². The van der Waals surface area contributed by atoms with Gasteiger partial charge in [0.25, 0.3) is 0 Å². The summed E-state index contributed by atoms with van der Waals surface area (Å²) < 4.78 is 1.86. The molecule has 0 amide bonds. The largest absolute Gasteiger partial charge is 0.370 e. The Morgan fingerprint density at radius 2 is 2.05 bits per heavy atom. The summed E-state index contributed by atoms with van der Waals surface area (Å²) >= 11 is 0. The zero-order valence-electron chi connectivity index (χ0n) is 12.4. The Bertz CT molecular complexity index is 574. The van der Waals surface area contributed by atoms with Crippen molar-refractivity contribution in [3.63, 3.8) is 0 Å². The normalized spacial score (nSPS) is 11.0. The van der Waals surface area contributed by atoms with Gasteiger partial charge < -0.3 is 11.1 Å². The molecule has 0 fully saturated rings. The molecule has 0 saturated carbocycles. The van der Waals surface area contributed by atoms with E-state index in [1.807, 2.05) is 36.1 Å². The van der Waals surface area contributed by atoms with E-state index < -0.39 is 0 Å². The van der Waals surface area contributed by atoms with Crippen LogP contribution in [0.15, 0.2) is 41.7 Å². The molecule has 2 aromatic rings. The van der Waals surface area contributed by atoms with Crippen molar-refractivity contribution in [2.75, 3.05) is 11.9 Å². The van der Waals surface area contributed by atoms with Crippen LogP contribution in [0.25, 0.3) is 0 Å². The fourth-order valence-electron chi connectivity index (χ4n) is 1.87. The number of aliphatic imine (C=N–C) groups is 1. The van der Waals surface area contributed by atoms with Crippen LogP contribution in [0.1, 0.15) is 18.1 Å². The maximum Gasteiger partial charge on any atom is 0.193 e. The molecule has 114 valence electrons. The first-order chi connectivity index (χ1) is 9.67. The van der Waals surface area contributed by atoms with Gasteiger partial charge in [-0.05, 0) is 36.6 Å². The molecule has 0 aliphatic carbocycles. The molecule has 5 nitrogen and oxygen atoms in total. The minimum absolute atomic E-state index is 0. The molecule has 1 aromatic heterocycles. The van der Waals surface area contributed by atoms with Crippen LogP contribution in [0.3, 0.4) is 0 Å². The average molecular weight is 399 g/mol. The molecule has 0 saturated heterocycles. The highest BCUT2D eigenvalue weighted by molar-refractivity contribution is 14.0. The first kappa shape index (κ1) is 17.5. The third-order valence-corrected chi connectivity index (χ3v) is 3.01. The number of aromatic nitrogens is 2. The molecule has 0 aliphatic heterocycles. The fraction of sp³-hybridized carbons (Fsp3) is 0.333. The van der Waals surface area contributed by atoms with Gasteiger partial charge in [-0.15, -0.1) is 24.0 Å². The van der Waals surface area contributed by atoms with Crippen molar-refractivity contribution in [1.29, 1.82) is 0 Å². The van der Waals surface area contributed by atoms with Gasteiger partial charge in [0.15, 0.2) is 5.96 Å². The maximum atomic E-state index is 5.85. The summed E-state index contributed by atoms with van der Waals surface area (Å²) in [6.45, 7) is 5.48. The molecule has 0 radical (unpaired) electrons. The third kappa shape index (κ3) is 5.74. The number of hydrogen-bond acceptors (Lipinski definition) is 2. The lowest BCUT2D eigenvalue weighted by Crippen LogP contribution is -2.23. The van der Waals surface area contributed by atoms with Crippen LogP contribution < -0.4 is 11.1 Å². The van der Waals surface area contributed by atoms with E-state index in [-0.39, 0.29) is 24.0 Å². The average Bonchev–Trinajstić information content (AvgIpc) is 2.85. The summed E-state index contributed by atoms with van der Waals surface area (Å²) in [5.41, 5.74) is 9.27. The number of benzene rings is 1. The van der Waals surface area contributed by atoms with Gasteiger partial charge in [0, 0.05) is 11.9 Å². The molecule has 0 atom stereocenters. The predicted molar refractivity (Wildman–Crippen MR) is 98.3 cm³/mol. The van der Waals surface area contributed by atoms with Crippen LogP contribution in [0, 0.1) is 6.92 Å². The van der Waals surface area contributed by atoms with Crippen LogP contribution in [-0.2, 0) is 13.0 Å². The SMILES string of the molecule is CCc1ccc(NC(N)=NCCn2cc(C)cn2)cc1.I. The van der Waals surface area contributed by atoms with E-state index in [0.717, 1.165) is 24.2 Å². The Labute approximate surface area is 142 Å². The summed E-state index contributed by atoms with van der Waals surface area (Å²) in [6, 6.07) is 8.19. The zero-order chi connectivity index (χ0) is 14.4. The summed E-state index contributed by atoms with van der Waals surface area (Å²) in [4.78, 5) is 4.29. The van der Waals surface area contributed by atoms with Crippen molar-refractivity contribution in [3.05, 3.63) is 47.8 Å². The van der Waals surface area contributed by atoms with Crippen molar-refractivity contribution in [2.45, 2.75) is 26.8 Å². The second kappa shape index (κ2) is 8.66. The van der Waals surface area contributed by atoms with Gasteiger partial charge in [0.1, 0.15) is 0 Å². The van der Waals surface area contributed by atoms with Gasteiger partial charge in [-0.3, -0.25) is 9.67 Å². The molecular weight excluding hydrogens is 377 g/mol. The van der Waals surface area contributed by atoms with Gasteiger partial charge in [-0.2, -0.15) is 5.10 Å². The van der Waals surface area contributed by atoms with Crippen molar-refractivity contribution < 1.29 is 0 Å². The number of nitrogens with two attached hydrogens (primary N) is 1. The molecule has 0 unspecified atom stereocenters. The minimum atomic E-state index is 0. The van der Waals surface area contributed by atoms with Gasteiger partial charge >= 0.3 is 0 Å². The fourth-order valence-corrected chi connectivity index (χ4v) is 1.87. The third-order valence-electron chi connectivity index (χ3n) is 3.01. The van der Waals surface area contributed by atoms with Crippen molar-refractivity contribution in [2.24, 2.45) is 10.7 Å². The highest BCUT2D eigenvalue weighted by atomic mass is 127. The monoisotopic (exact) mass is 399 g/mol. The minimum Gasteiger partial charge on any atom is -0.370 e. The molecule has 2 rings (SSSR count). The number of nitrogens with one attached hydrogen (secondary N) is 1. The van der Waals surface area contributed by atoms with E-state index in [0.29, 0.717) is 12.5 Å². The van der Waals surface area contributed by atoms with Crippen LogP contribution >= 0.6 is 24.0 Å². The van der Waals surface area contributed by atoms with E-state index in [4.69, 9.17) is 5.73 Å². The number of guanidine groups is 1. The number of hydrogen-bond donors (Lipinski definition) is 2. The molecule has 0 bridgehead atoms. The second-order valence-electron chi connectivity index (χ2n) is 4.72. The van der Waals surface area contributed by atoms with Gasteiger partial charge in [0.05, 0.1) is 19.3 Å². The van der Waals surface area contributed by atoms with Crippen LogP contribution in [-0.4, -0.2) is 22.3 Å². The molecule has 1 heterocycles. The van der Waals surface area contributed by atoms with E-state index in [2.05, 4.69) is 34.5 Å². The lowest BCUT2D eigenvalue weighted by atomic mass is 10.1. The predicted octanol–water partition coefficient (Wildman–Crippen LogP) is 2.80. The Morgan fingerprint density at radius 3 is 2.62 bits per heavy atom. The van der Waals surface area contributed by atoms with Crippen molar-refractivity contribution in [1.82, 2.24) is 9.78 Å². The first-order valence-electron chi connectivity index (χ1n) is 6.82. The number of halogens is 1. The highest BCUT2D eigenvalue weighted by Crippen LogP contribution is 2.09. The van der Waals surface area contributed by atoms with Crippen LogP contribution in [0.4, 0.5) is 5.69 Å². The van der Waals surface area contributed by atoms with Crippen molar-refractivity contribution >= 4 is 35.6 Å². The Balaban J connectivity index is 0.00000220. The standard InChI is InChI=1S/C15H21N5.HI/c1-3-13-4-6-14(7-5-13)19-15(16)17-8-9-20-11-12(2)10-18-20;/h4-7,10-11H,3,8-9H2,1-2H3,(H3,16,17,19);1H. The number of anilines is 1. The lowest BCUT2D eigenvalue weighted by molar-refractivity contribution is 0.625. The molecule has 0 aliphatic rings. The van der Waals surface area contributed by atoms with Crippen LogP contribution in [0.5, 0.6) is 0 Å². The number of rotatable bonds is 5. The van der Waals surface area contributed by atoms with Crippen LogP contribution in [0.2, 0.25) is 0 Å². The van der Waals surface area contributed by atoms with E-state index in [1.54, 1.807) is 0 Å². The quantitative estimate of drug-likeness (QED) is 0.462. The summed E-state index contributed by atoms with van der Waals surface area (Å²) in [5, 5.41) is 7.28. The van der Waals surface area contributed by atoms with Gasteiger partial charge in [0.2, 0.25) is 0 Å². The van der Waals surface area contributed by atoms with Crippen molar-refractivity contribution in [3.8, 4) is 0 Å². The maximum absolute atomic E-state index is 5.85. The van der Waals surface area contributed by atoms with Gasteiger partial charge in [-0.25, -0.2) is 0 Å². The molecule has 3 N–H and O–H groups in total. The Hall–Kier alpha value is -1.57. The molecular formula is C15H22IN5. The lowest BCUT2D eigenvalue weighted by Gasteiger charge is -2.06. The zero-order valence-corrected chi connectivity index (χ0v) is 14.7. The Morgan fingerprint density at radius 1 is 1.33 bits per heavy atom. The summed E-state index contributed by atoms with van der Waals surface area (Å²) in [6.07, 6.45) is 4.86. The smallest absolute Gasteiger partial charge is 0.193 e. The topological polar surface area (TPSA) is 68.2 Å². The highest BCUT2D eigenvalue weighted by Gasteiger charge is 1.96. The summed E-state index contributed by atoms with van der Waals surface area (Å²) in [5.74, 6) is 0.429. The molecule has 0 spiro atoms. The first-order valence-corrected chi connectivity index (χ1v) is 6.82. The molecule has 21 heavy (non-hydrogen) atoms. The number of nitrogens with zero attached hydrogens (tertiary/aromatic N) is 3. The summed E-state index contributed by atoms with van der Waals surface area (Å²) in [7, 11) is 0. The van der Waals surface area contributed by atoms with E-state index in [9.17, 15) is 0 Å². The second-order valence-corrected chi connectivity index (χ2v) is 4.72. The number of aryl methyl sites for hydroxylation is 2.